The average molecular weight is 235 g/mol. The second kappa shape index (κ2) is 5.96. The van der Waals surface area contributed by atoms with Gasteiger partial charge in [-0.25, -0.2) is 4.98 Å². The predicted molar refractivity (Wildman–Crippen MR) is 66.8 cm³/mol. The van der Waals surface area contributed by atoms with E-state index in [1.165, 1.54) is 12.8 Å². The minimum atomic E-state index is 0.319. The standard InChI is InChI=1S/C13H21N3O/c1-2-16-7-6-15-13(16)9-12(17)8-11-4-3-5-14-10-11/h6-7,11,14H,2-5,8-10H2,1H3. The van der Waals surface area contributed by atoms with E-state index in [4.69, 9.17) is 0 Å². The number of hydrogen-bond acceptors (Lipinski definition) is 3. The van der Waals surface area contributed by atoms with Crippen LogP contribution in [0.1, 0.15) is 32.0 Å². The summed E-state index contributed by atoms with van der Waals surface area (Å²) in [5, 5.41) is 3.35. The van der Waals surface area contributed by atoms with Gasteiger partial charge < -0.3 is 9.88 Å². The summed E-state index contributed by atoms with van der Waals surface area (Å²) in [6.07, 6.45) is 7.27. The Morgan fingerprint density at radius 1 is 1.65 bits per heavy atom. The molecule has 94 valence electrons. The first-order valence-corrected chi connectivity index (χ1v) is 6.52. The Kier molecular flexibility index (Phi) is 4.31. The van der Waals surface area contributed by atoms with Crippen molar-refractivity contribution in [2.75, 3.05) is 13.1 Å². The molecular formula is C13H21N3O. The number of aromatic nitrogens is 2. The lowest BCUT2D eigenvalue weighted by Crippen LogP contribution is -2.31. The van der Waals surface area contributed by atoms with Crippen molar-refractivity contribution in [3.63, 3.8) is 0 Å². The molecule has 1 aromatic heterocycles. The van der Waals surface area contributed by atoms with Crippen LogP contribution in [0.5, 0.6) is 0 Å². The van der Waals surface area contributed by atoms with Crippen LogP contribution in [0.25, 0.3) is 0 Å². The largest absolute Gasteiger partial charge is 0.335 e. The Hall–Kier alpha value is -1.16. The molecular weight excluding hydrogens is 214 g/mol. The van der Waals surface area contributed by atoms with Gasteiger partial charge in [-0.1, -0.05) is 0 Å². The highest BCUT2D eigenvalue weighted by Gasteiger charge is 2.17. The Balaban J connectivity index is 1.84. The molecule has 1 atom stereocenters. The molecule has 0 aliphatic carbocycles. The lowest BCUT2D eigenvalue weighted by Gasteiger charge is -2.21. The number of aryl methyl sites for hydroxylation is 1. The molecule has 0 bridgehead atoms. The summed E-state index contributed by atoms with van der Waals surface area (Å²) in [6, 6.07) is 0. The van der Waals surface area contributed by atoms with Crippen LogP contribution in [0.2, 0.25) is 0 Å². The van der Waals surface area contributed by atoms with Gasteiger partial charge in [-0.3, -0.25) is 4.79 Å². The number of carbonyl (C=O) groups is 1. The number of imidazole rings is 1. The maximum Gasteiger partial charge on any atom is 0.140 e. The Morgan fingerprint density at radius 2 is 2.53 bits per heavy atom. The molecule has 17 heavy (non-hydrogen) atoms. The van der Waals surface area contributed by atoms with E-state index in [1.54, 1.807) is 6.20 Å². The van der Waals surface area contributed by atoms with Crippen molar-refractivity contribution in [2.24, 2.45) is 5.92 Å². The molecule has 2 rings (SSSR count). The lowest BCUT2D eigenvalue weighted by molar-refractivity contribution is -0.119. The summed E-state index contributed by atoms with van der Waals surface area (Å²) in [6.45, 7) is 5.05. The van der Waals surface area contributed by atoms with Gasteiger partial charge in [0, 0.05) is 25.4 Å². The second-order valence-corrected chi connectivity index (χ2v) is 4.76. The maximum atomic E-state index is 12.0. The van der Waals surface area contributed by atoms with Gasteiger partial charge in [0.2, 0.25) is 0 Å². The SMILES string of the molecule is CCn1ccnc1CC(=O)CC1CCCNC1. The average Bonchev–Trinajstić information content (AvgIpc) is 2.77. The fourth-order valence-corrected chi connectivity index (χ4v) is 2.46. The number of piperidine rings is 1. The van der Waals surface area contributed by atoms with E-state index < -0.39 is 0 Å². The monoisotopic (exact) mass is 235 g/mol. The number of nitrogens with one attached hydrogen (secondary N) is 1. The predicted octanol–water partition coefficient (Wildman–Crippen LogP) is 1.40. The molecule has 1 fully saturated rings. The summed E-state index contributed by atoms with van der Waals surface area (Å²) in [7, 11) is 0. The zero-order valence-corrected chi connectivity index (χ0v) is 10.5. The summed E-state index contributed by atoms with van der Waals surface area (Å²) >= 11 is 0. The first-order valence-electron chi connectivity index (χ1n) is 6.52. The molecule has 1 aliphatic rings. The van der Waals surface area contributed by atoms with Crippen molar-refractivity contribution in [2.45, 2.75) is 39.2 Å². The molecule has 0 aromatic carbocycles. The lowest BCUT2D eigenvalue weighted by atomic mass is 9.93. The zero-order valence-electron chi connectivity index (χ0n) is 10.5. The molecule has 1 N–H and O–H groups in total. The number of hydrogen-bond donors (Lipinski definition) is 1. The first-order chi connectivity index (χ1) is 8.29. The minimum Gasteiger partial charge on any atom is -0.335 e. The summed E-state index contributed by atoms with van der Waals surface area (Å²) in [5.74, 6) is 1.75. The number of nitrogens with zero attached hydrogens (tertiary/aromatic N) is 2. The molecule has 1 unspecified atom stereocenters. The molecule has 0 saturated carbocycles. The molecule has 0 radical (unpaired) electrons. The topological polar surface area (TPSA) is 46.9 Å². The van der Waals surface area contributed by atoms with Crippen molar-refractivity contribution in [1.29, 1.82) is 0 Å². The van der Waals surface area contributed by atoms with Crippen molar-refractivity contribution in [1.82, 2.24) is 14.9 Å². The Bertz CT molecular complexity index is 366. The smallest absolute Gasteiger partial charge is 0.140 e. The Labute approximate surface area is 102 Å². The van der Waals surface area contributed by atoms with E-state index in [0.717, 1.165) is 25.5 Å². The fourth-order valence-electron chi connectivity index (χ4n) is 2.46. The van der Waals surface area contributed by atoms with Crippen molar-refractivity contribution < 1.29 is 4.79 Å². The van der Waals surface area contributed by atoms with Gasteiger partial charge in [-0.2, -0.15) is 0 Å². The number of carbonyl (C=O) groups excluding carboxylic acids is 1. The quantitative estimate of drug-likeness (QED) is 0.839. The normalized spacial score (nSPS) is 20.4. The van der Waals surface area contributed by atoms with E-state index in [0.29, 0.717) is 24.5 Å². The van der Waals surface area contributed by atoms with E-state index in [1.807, 2.05) is 10.8 Å². The molecule has 2 heterocycles. The van der Waals surface area contributed by atoms with Gasteiger partial charge in [-0.05, 0) is 38.8 Å². The molecule has 1 aromatic rings. The summed E-state index contributed by atoms with van der Waals surface area (Å²) < 4.78 is 2.04. The summed E-state index contributed by atoms with van der Waals surface area (Å²) in [4.78, 5) is 16.2. The summed E-state index contributed by atoms with van der Waals surface area (Å²) in [5.41, 5.74) is 0. The van der Waals surface area contributed by atoms with Crippen LogP contribution >= 0.6 is 0 Å². The van der Waals surface area contributed by atoms with Crippen LogP contribution in [0, 0.1) is 5.92 Å². The number of Topliss-reactive ketones (excluding diaryl/α,β-unsaturated/α-hetero) is 1. The van der Waals surface area contributed by atoms with Crippen molar-refractivity contribution >= 4 is 5.78 Å². The third kappa shape index (κ3) is 3.40. The van der Waals surface area contributed by atoms with Gasteiger partial charge in [0.1, 0.15) is 11.6 Å². The van der Waals surface area contributed by atoms with Crippen LogP contribution in [-0.2, 0) is 17.8 Å². The van der Waals surface area contributed by atoms with Gasteiger partial charge >= 0.3 is 0 Å². The van der Waals surface area contributed by atoms with E-state index in [9.17, 15) is 4.79 Å². The van der Waals surface area contributed by atoms with Crippen LogP contribution in [0.4, 0.5) is 0 Å². The van der Waals surface area contributed by atoms with Gasteiger partial charge in [0.05, 0.1) is 6.42 Å². The van der Waals surface area contributed by atoms with Crippen LogP contribution < -0.4 is 5.32 Å². The second-order valence-electron chi connectivity index (χ2n) is 4.76. The van der Waals surface area contributed by atoms with Crippen LogP contribution in [0.3, 0.4) is 0 Å². The highest BCUT2D eigenvalue weighted by molar-refractivity contribution is 5.80. The molecule has 1 saturated heterocycles. The highest BCUT2D eigenvalue weighted by atomic mass is 16.1. The third-order valence-corrected chi connectivity index (χ3v) is 3.41. The zero-order chi connectivity index (χ0) is 12.1. The molecule has 4 heteroatoms. The maximum absolute atomic E-state index is 12.0. The fraction of sp³-hybridized carbons (Fsp3) is 0.692. The molecule has 0 spiro atoms. The minimum absolute atomic E-state index is 0.319. The van der Waals surface area contributed by atoms with E-state index in [2.05, 4.69) is 17.2 Å². The van der Waals surface area contributed by atoms with Crippen molar-refractivity contribution in [3.05, 3.63) is 18.2 Å². The highest BCUT2D eigenvalue weighted by Crippen LogP contribution is 2.15. The van der Waals surface area contributed by atoms with E-state index in [-0.39, 0.29) is 0 Å². The number of ketones is 1. The molecule has 4 nitrogen and oxygen atoms in total. The van der Waals surface area contributed by atoms with Crippen LogP contribution in [0.15, 0.2) is 12.4 Å². The first kappa shape index (κ1) is 12.3. The van der Waals surface area contributed by atoms with Gasteiger partial charge in [0.25, 0.3) is 0 Å². The van der Waals surface area contributed by atoms with Gasteiger partial charge in [0.15, 0.2) is 0 Å². The van der Waals surface area contributed by atoms with Gasteiger partial charge in [-0.15, -0.1) is 0 Å². The molecule has 1 aliphatic heterocycles. The van der Waals surface area contributed by atoms with E-state index >= 15 is 0 Å². The number of rotatable bonds is 5. The Morgan fingerprint density at radius 3 is 3.24 bits per heavy atom. The molecule has 0 amide bonds. The van der Waals surface area contributed by atoms with Crippen molar-refractivity contribution in [3.8, 4) is 0 Å². The third-order valence-electron chi connectivity index (χ3n) is 3.41. The van der Waals surface area contributed by atoms with Crippen LogP contribution in [-0.4, -0.2) is 28.4 Å².